The molecular weight excluding hydrogens is 390 g/mol. The van der Waals surface area contributed by atoms with Crippen molar-refractivity contribution in [1.82, 2.24) is 19.7 Å². The van der Waals surface area contributed by atoms with Crippen LogP contribution in [0.15, 0.2) is 61.1 Å². The van der Waals surface area contributed by atoms with Crippen molar-refractivity contribution in [1.29, 1.82) is 0 Å². The second kappa shape index (κ2) is 8.45. The van der Waals surface area contributed by atoms with Crippen LogP contribution in [0.1, 0.15) is 23.2 Å². The van der Waals surface area contributed by atoms with Gasteiger partial charge in [-0.2, -0.15) is 5.10 Å². The van der Waals surface area contributed by atoms with Crippen LogP contribution in [0.25, 0.3) is 5.82 Å². The van der Waals surface area contributed by atoms with Crippen LogP contribution >= 0.6 is 11.6 Å². The van der Waals surface area contributed by atoms with Gasteiger partial charge in [-0.05, 0) is 55.3 Å². The summed E-state index contributed by atoms with van der Waals surface area (Å²) in [5, 5.41) is 7.75. The summed E-state index contributed by atoms with van der Waals surface area (Å²) in [6.07, 6.45) is 6.32. The fourth-order valence-electron chi connectivity index (χ4n) is 3.43. The van der Waals surface area contributed by atoms with Crippen LogP contribution in [-0.4, -0.2) is 44.6 Å². The number of hydrogen-bond donors (Lipinski definition) is 1. The summed E-state index contributed by atoms with van der Waals surface area (Å²) >= 11 is 5.89. The van der Waals surface area contributed by atoms with Gasteiger partial charge >= 0.3 is 0 Å². The smallest absolute Gasteiger partial charge is 0.253 e. The minimum absolute atomic E-state index is 0.0336. The number of carbonyl (C=O) groups is 2. The zero-order chi connectivity index (χ0) is 20.2. The predicted molar refractivity (Wildman–Crippen MR) is 110 cm³/mol. The number of anilines is 1. The first-order chi connectivity index (χ1) is 14.1. The second-order valence-electron chi connectivity index (χ2n) is 6.89. The van der Waals surface area contributed by atoms with Crippen LogP contribution in [0.5, 0.6) is 0 Å². The Morgan fingerprint density at radius 1 is 1.03 bits per heavy atom. The van der Waals surface area contributed by atoms with Crippen LogP contribution in [0, 0.1) is 5.92 Å². The first-order valence-corrected chi connectivity index (χ1v) is 9.80. The normalized spacial score (nSPS) is 14.6. The van der Waals surface area contributed by atoms with Crippen molar-refractivity contribution in [2.45, 2.75) is 12.8 Å². The van der Waals surface area contributed by atoms with Crippen LogP contribution < -0.4 is 5.32 Å². The summed E-state index contributed by atoms with van der Waals surface area (Å²) in [6, 6.07) is 12.2. The van der Waals surface area contributed by atoms with E-state index in [0.717, 1.165) is 0 Å². The number of pyridine rings is 1. The molecule has 1 aromatic carbocycles. The number of benzene rings is 1. The Morgan fingerprint density at radius 2 is 1.79 bits per heavy atom. The van der Waals surface area contributed by atoms with Gasteiger partial charge in [-0.3, -0.25) is 9.59 Å². The van der Waals surface area contributed by atoms with Crippen LogP contribution in [-0.2, 0) is 4.79 Å². The molecule has 0 saturated carbocycles. The van der Waals surface area contributed by atoms with Gasteiger partial charge in [0.15, 0.2) is 5.82 Å². The molecule has 0 unspecified atom stereocenters. The van der Waals surface area contributed by atoms with Gasteiger partial charge in [0.05, 0.1) is 5.69 Å². The van der Waals surface area contributed by atoms with E-state index in [2.05, 4.69) is 15.4 Å². The molecule has 1 fully saturated rings. The van der Waals surface area contributed by atoms with Crippen molar-refractivity contribution in [2.24, 2.45) is 5.92 Å². The topological polar surface area (TPSA) is 80.1 Å². The fourth-order valence-corrected chi connectivity index (χ4v) is 3.55. The van der Waals surface area contributed by atoms with Crippen molar-refractivity contribution in [3.05, 3.63) is 71.6 Å². The third-order valence-corrected chi connectivity index (χ3v) is 5.26. The van der Waals surface area contributed by atoms with E-state index in [0.29, 0.717) is 48.0 Å². The summed E-state index contributed by atoms with van der Waals surface area (Å²) in [7, 11) is 0. The maximum absolute atomic E-state index is 12.8. The number of aromatic nitrogens is 3. The fraction of sp³-hybridized carbons (Fsp3) is 0.238. The van der Waals surface area contributed by atoms with Gasteiger partial charge in [-0.1, -0.05) is 11.6 Å². The van der Waals surface area contributed by atoms with Gasteiger partial charge in [0.1, 0.15) is 0 Å². The first-order valence-electron chi connectivity index (χ1n) is 9.42. The van der Waals surface area contributed by atoms with Crippen molar-refractivity contribution in [2.75, 3.05) is 18.4 Å². The molecule has 7 nitrogen and oxygen atoms in total. The maximum Gasteiger partial charge on any atom is 0.253 e. The van der Waals surface area contributed by atoms with E-state index in [1.165, 1.54) is 0 Å². The third kappa shape index (κ3) is 4.30. The maximum atomic E-state index is 12.8. The molecule has 2 aromatic heterocycles. The van der Waals surface area contributed by atoms with Gasteiger partial charge in [-0.15, -0.1) is 0 Å². The molecule has 1 aliphatic heterocycles. The van der Waals surface area contributed by atoms with Crippen LogP contribution in [0.2, 0.25) is 5.02 Å². The van der Waals surface area contributed by atoms with E-state index < -0.39 is 0 Å². The lowest BCUT2D eigenvalue weighted by molar-refractivity contribution is -0.121. The van der Waals surface area contributed by atoms with Crippen molar-refractivity contribution in [3.8, 4) is 5.82 Å². The number of piperidine rings is 1. The summed E-state index contributed by atoms with van der Waals surface area (Å²) in [4.78, 5) is 31.5. The van der Waals surface area contributed by atoms with Crippen molar-refractivity contribution in [3.63, 3.8) is 0 Å². The molecule has 0 atom stereocenters. The minimum atomic E-state index is -0.157. The van der Waals surface area contributed by atoms with Gasteiger partial charge < -0.3 is 10.2 Å². The van der Waals surface area contributed by atoms with Gasteiger partial charge in [0, 0.05) is 48.2 Å². The van der Waals surface area contributed by atoms with Crippen molar-refractivity contribution >= 4 is 29.1 Å². The molecule has 1 aliphatic rings. The molecule has 3 heterocycles. The second-order valence-corrected chi connectivity index (χ2v) is 7.32. The lowest BCUT2D eigenvalue weighted by Gasteiger charge is -2.31. The average Bonchev–Trinajstić information content (AvgIpc) is 3.29. The van der Waals surface area contributed by atoms with Crippen LogP contribution in [0.4, 0.5) is 5.69 Å². The van der Waals surface area contributed by atoms with Crippen LogP contribution in [0.3, 0.4) is 0 Å². The Labute approximate surface area is 173 Å². The molecule has 1 saturated heterocycles. The van der Waals surface area contributed by atoms with Gasteiger partial charge in [-0.25, -0.2) is 9.67 Å². The number of halogens is 1. The van der Waals surface area contributed by atoms with E-state index in [1.54, 1.807) is 70.6 Å². The molecule has 29 heavy (non-hydrogen) atoms. The Balaban J connectivity index is 1.38. The monoisotopic (exact) mass is 409 g/mol. The highest BCUT2D eigenvalue weighted by molar-refractivity contribution is 6.30. The molecule has 0 radical (unpaired) electrons. The zero-order valence-corrected chi connectivity index (χ0v) is 16.4. The number of nitrogens with one attached hydrogen (secondary N) is 1. The minimum Gasteiger partial charge on any atom is -0.339 e. The summed E-state index contributed by atoms with van der Waals surface area (Å²) < 4.78 is 1.61. The molecule has 8 heteroatoms. The SMILES string of the molecule is O=C(Nc1cccnc1-n1cccn1)C1CCN(C(=O)c2ccc(Cl)cc2)CC1. The third-order valence-electron chi connectivity index (χ3n) is 5.01. The molecule has 148 valence electrons. The molecular formula is C21H20ClN5O2. The Hall–Kier alpha value is -3.19. The summed E-state index contributed by atoms with van der Waals surface area (Å²) in [5.41, 5.74) is 1.22. The van der Waals surface area contributed by atoms with E-state index >= 15 is 0 Å². The molecule has 1 N–H and O–H groups in total. The number of nitrogens with zero attached hydrogens (tertiary/aromatic N) is 4. The lowest BCUT2D eigenvalue weighted by Crippen LogP contribution is -2.41. The van der Waals surface area contributed by atoms with E-state index in [-0.39, 0.29) is 17.7 Å². The summed E-state index contributed by atoms with van der Waals surface area (Å²) in [6.45, 7) is 1.08. The molecule has 0 bridgehead atoms. The largest absolute Gasteiger partial charge is 0.339 e. The zero-order valence-electron chi connectivity index (χ0n) is 15.7. The van der Waals surface area contributed by atoms with Gasteiger partial charge in [0.25, 0.3) is 5.91 Å². The number of rotatable bonds is 4. The number of likely N-dealkylation sites (tertiary alicyclic amines) is 1. The highest BCUT2D eigenvalue weighted by atomic mass is 35.5. The molecule has 0 spiro atoms. The Morgan fingerprint density at radius 3 is 2.48 bits per heavy atom. The standard InChI is InChI=1S/C21H20ClN5O2/c22-17-6-4-16(5-7-17)21(29)26-13-8-15(9-14-26)20(28)25-18-3-1-10-23-19(18)27-12-2-11-24-27/h1-7,10-12,15H,8-9,13-14H2,(H,25,28). The predicted octanol–water partition coefficient (Wildman–Crippen LogP) is 3.41. The lowest BCUT2D eigenvalue weighted by atomic mass is 9.95. The van der Waals surface area contributed by atoms with Crippen molar-refractivity contribution < 1.29 is 9.59 Å². The Bertz CT molecular complexity index is 996. The number of amides is 2. The van der Waals surface area contributed by atoms with E-state index in [4.69, 9.17) is 11.6 Å². The molecule has 3 aromatic rings. The molecule has 2 amide bonds. The van der Waals surface area contributed by atoms with E-state index in [9.17, 15) is 9.59 Å². The van der Waals surface area contributed by atoms with E-state index in [1.807, 2.05) is 0 Å². The highest BCUT2D eigenvalue weighted by Crippen LogP contribution is 2.23. The quantitative estimate of drug-likeness (QED) is 0.716. The molecule has 0 aliphatic carbocycles. The number of hydrogen-bond acceptors (Lipinski definition) is 4. The first kappa shape index (κ1) is 19.1. The summed E-state index contributed by atoms with van der Waals surface area (Å²) in [5.74, 6) is 0.315. The van der Waals surface area contributed by atoms with Gasteiger partial charge in [0.2, 0.25) is 5.91 Å². The Kier molecular flexibility index (Phi) is 5.57. The highest BCUT2D eigenvalue weighted by Gasteiger charge is 2.28. The molecule has 4 rings (SSSR count). The number of carbonyl (C=O) groups excluding carboxylic acids is 2. The average molecular weight is 410 g/mol.